The second-order valence-electron chi connectivity index (χ2n) is 7.49. The second kappa shape index (κ2) is 5.81. The zero-order chi connectivity index (χ0) is 16.9. The Labute approximate surface area is 151 Å². The number of thiophene rings is 1. The second-order valence-corrected chi connectivity index (χ2v) is 8.61. The number of anilines is 1. The van der Waals surface area contributed by atoms with Crippen molar-refractivity contribution in [2.45, 2.75) is 26.3 Å². The van der Waals surface area contributed by atoms with E-state index in [9.17, 15) is 0 Å². The largest absolute Gasteiger partial charge is 0.364 e. The minimum Gasteiger partial charge on any atom is -0.364 e. The van der Waals surface area contributed by atoms with Crippen LogP contribution in [-0.4, -0.2) is 46.0 Å². The van der Waals surface area contributed by atoms with Crippen LogP contribution in [0.5, 0.6) is 0 Å². The van der Waals surface area contributed by atoms with Gasteiger partial charge in [-0.3, -0.25) is 4.90 Å². The summed E-state index contributed by atoms with van der Waals surface area (Å²) in [5.74, 6) is 1.14. The molecule has 0 unspecified atom stereocenters. The van der Waals surface area contributed by atoms with E-state index in [0.717, 1.165) is 36.7 Å². The summed E-state index contributed by atoms with van der Waals surface area (Å²) in [6.45, 7) is 7.87. The van der Waals surface area contributed by atoms with E-state index in [4.69, 9.17) is 0 Å². The van der Waals surface area contributed by atoms with Gasteiger partial charge in [0.15, 0.2) is 0 Å². The van der Waals surface area contributed by atoms with Crippen molar-refractivity contribution in [2.75, 3.05) is 31.1 Å². The maximum Gasteiger partial charge on any atom is 0.140 e. The van der Waals surface area contributed by atoms with Gasteiger partial charge in [0.05, 0.1) is 5.39 Å². The molecule has 25 heavy (non-hydrogen) atoms. The van der Waals surface area contributed by atoms with Gasteiger partial charge in [-0.2, -0.15) is 0 Å². The Morgan fingerprint density at radius 1 is 1.28 bits per heavy atom. The fraction of sp³-hybridized carbons (Fsp3) is 0.474. The molecule has 3 aromatic heterocycles. The van der Waals surface area contributed by atoms with Crippen LogP contribution in [0, 0.1) is 5.41 Å². The molecule has 2 aliphatic rings. The Balaban J connectivity index is 1.31. The number of fused-ring (bicyclic) bond motifs is 1. The first-order valence-corrected chi connectivity index (χ1v) is 9.89. The predicted octanol–water partition coefficient (Wildman–Crippen LogP) is 3.29. The Kier molecular flexibility index (Phi) is 3.57. The topological polar surface area (TPSA) is 48.0 Å². The molecular weight excluding hydrogens is 330 g/mol. The summed E-state index contributed by atoms with van der Waals surface area (Å²) in [7, 11) is 0. The molecule has 5 nitrogen and oxygen atoms in total. The van der Waals surface area contributed by atoms with Crippen molar-refractivity contribution in [2.24, 2.45) is 5.41 Å². The van der Waals surface area contributed by atoms with Crippen LogP contribution in [0.25, 0.3) is 10.2 Å². The van der Waals surface area contributed by atoms with Crippen LogP contribution < -0.4 is 4.90 Å². The van der Waals surface area contributed by atoms with E-state index < -0.39 is 0 Å². The number of aromatic amines is 1. The van der Waals surface area contributed by atoms with Crippen molar-refractivity contribution >= 4 is 27.4 Å². The van der Waals surface area contributed by atoms with E-state index >= 15 is 0 Å². The molecule has 0 amide bonds. The van der Waals surface area contributed by atoms with Crippen LogP contribution >= 0.6 is 11.3 Å². The molecule has 5 heterocycles. The number of aromatic nitrogens is 3. The average Bonchev–Trinajstić information content (AvgIpc) is 3.32. The molecule has 0 aromatic carbocycles. The van der Waals surface area contributed by atoms with Gasteiger partial charge in [0.25, 0.3) is 0 Å². The van der Waals surface area contributed by atoms with Crippen molar-refractivity contribution in [1.82, 2.24) is 19.9 Å². The molecule has 5 rings (SSSR count). The molecule has 0 radical (unpaired) electrons. The lowest BCUT2D eigenvalue weighted by molar-refractivity contribution is 0.0109. The zero-order valence-electron chi connectivity index (χ0n) is 14.5. The monoisotopic (exact) mass is 353 g/mol. The summed E-state index contributed by atoms with van der Waals surface area (Å²) in [6, 6.07) is 6.54. The summed E-state index contributed by atoms with van der Waals surface area (Å²) in [5, 5.41) is 1.24. The highest BCUT2D eigenvalue weighted by Crippen LogP contribution is 2.42. The first kappa shape index (κ1) is 15.3. The van der Waals surface area contributed by atoms with Crippen LogP contribution in [0.4, 0.5) is 5.82 Å². The lowest BCUT2D eigenvalue weighted by Gasteiger charge is -2.48. The van der Waals surface area contributed by atoms with Crippen LogP contribution in [-0.2, 0) is 13.0 Å². The molecule has 0 bridgehead atoms. The molecular formula is C19H23N5S. The van der Waals surface area contributed by atoms with Gasteiger partial charge in [-0.1, -0.05) is 6.92 Å². The normalized spacial score (nSPS) is 19.8. The third-order valence-electron chi connectivity index (χ3n) is 5.62. The lowest BCUT2D eigenvalue weighted by atomic mass is 9.79. The minimum absolute atomic E-state index is 0.452. The number of H-pyrrole nitrogens is 1. The van der Waals surface area contributed by atoms with Crippen LogP contribution in [0.15, 0.2) is 30.7 Å². The zero-order valence-corrected chi connectivity index (χ0v) is 15.4. The number of hydrogen-bond donors (Lipinski definition) is 1. The van der Waals surface area contributed by atoms with Gasteiger partial charge in [0.1, 0.15) is 17.0 Å². The number of nitrogens with zero attached hydrogens (tertiary/aromatic N) is 4. The van der Waals surface area contributed by atoms with Gasteiger partial charge < -0.3 is 9.88 Å². The van der Waals surface area contributed by atoms with E-state index in [1.165, 1.54) is 35.5 Å². The van der Waals surface area contributed by atoms with Crippen molar-refractivity contribution in [3.8, 4) is 0 Å². The molecule has 1 N–H and O–H groups in total. The standard InChI is InChI=1S/C19H23N5S/c1-2-15-8-16-17(21-13-22-18(16)25-15)24-7-5-19(12-24)10-23(11-19)9-14-4-3-6-20-14/h3-4,6,8,13,20H,2,5,7,9-12H2,1H3. The third-order valence-corrected chi connectivity index (χ3v) is 6.81. The Morgan fingerprint density at radius 3 is 3.00 bits per heavy atom. The Hall–Kier alpha value is -1.92. The molecule has 2 saturated heterocycles. The van der Waals surface area contributed by atoms with Gasteiger partial charge in [-0.25, -0.2) is 9.97 Å². The lowest BCUT2D eigenvalue weighted by Crippen LogP contribution is -2.56. The van der Waals surface area contributed by atoms with Crippen molar-refractivity contribution < 1.29 is 0 Å². The van der Waals surface area contributed by atoms with E-state index in [1.807, 2.05) is 6.20 Å². The molecule has 0 atom stereocenters. The van der Waals surface area contributed by atoms with Crippen molar-refractivity contribution in [1.29, 1.82) is 0 Å². The van der Waals surface area contributed by atoms with E-state index in [-0.39, 0.29) is 0 Å². The fourth-order valence-corrected chi connectivity index (χ4v) is 5.34. The first-order valence-electron chi connectivity index (χ1n) is 9.08. The van der Waals surface area contributed by atoms with E-state index in [2.05, 4.69) is 49.9 Å². The van der Waals surface area contributed by atoms with Gasteiger partial charge in [-0.05, 0) is 31.0 Å². The maximum atomic E-state index is 4.64. The number of likely N-dealkylation sites (tertiary alicyclic amines) is 1. The van der Waals surface area contributed by atoms with Gasteiger partial charge in [-0.15, -0.1) is 11.3 Å². The SMILES string of the molecule is CCc1cc2c(N3CCC4(CN(Cc5ccc[nH]5)C4)C3)ncnc2s1. The highest BCUT2D eigenvalue weighted by Gasteiger charge is 2.47. The van der Waals surface area contributed by atoms with Crippen LogP contribution in [0.1, 0.15) is 23.9 Å². The summed E-state index contributed by atoms with van der Waals surface area (Å²) in [4.78, 5) is 20.0. The minimum atomic E-state index is 0.452. The van der Waals surface area contributed by atoms with E-state index in [1.54, 1.807) is 17.7 Å². The van der Waals surface area contributed by atoms with Crippen molar-refractivity contribution in [3.05, 3.63) is 41.3 Å². The summed E-state index contributed by atoms with van der Waals surface area (Å²) in [6.07, 6.45) is 6.08. The van der Waals surface area contributed by atoms with Gasteiger partial charge in [0, 0.05) is 54.9 Å². The Bertz CT molecular complexity index is 879. The van der Waals surface area contributed by atoms with Crippen molar-refractivity contribution in [3.63, 3.8) is 0 Å². The maximum absolute atomic E-state index is 4.64. The molecule has 6 heteroatoms. The molecule has 130 valence electrons. The predicted molar refractivity (Wildman–Crippen MR) is 102 cm³/mol. The third kappa shape index (κ3) is 2.64. The molecule has 1 spiro atoms. The smallest absolute Gasteiger partial charge is 0.140 e. The summed E-state index contributed by atoms with van der Waals surface area (Å²) >= 11 is 1.80. The number of aryl methyl sites for hydroxylation is 1. The number of rotatable bonds is 4. The Morgan fingerprint density at radius 2 is 2.20 bits per heavy atom. The molecule has 2 aliphatic heterocycles. The summed E-state index contributed by atoms with van der Waals surface area (Å²) < 4.78 is 0. The van der Waals surface area contributed by atoms with Gasteiger partial charge >= 0.3 is 0 Å². The molecule has 0 aliphatic carbocycles. The van der Waals surface area contributed by atoms with Crippen LogP contribution in [0.2, 0.25) is 0 Å². The number of hydrogen-bond acceptors (Lipinski definition) is 5. The first-order chi connectivity index (χ1) is 12.2. The molecule has 0 saturated carbocycles. The highest BCUT2D eigenvalue weighted by atomic mass is 32.1. The molecule has 2 fully saturated rings. The average molecular weight is 353 g/mol. The van der Waals surface area contributed by atoms with E-state index in [0.29, 0.717) is 5.41 Å². The fourth-order valence-electron chi connectivity index (χ4n) is 4.41. The van der Waals surface area contributed by atoms with Gasteiger partial charge in [0.2, 0.25) is 0 Å². The molecule has 3 aromatic rings. The van der Waals surface area contributed by atoms with Crippen LogP contribution in [0.3, 0.4) is 0 Å². The quantitative estimate of drug-likeness (QED) is 0.782. The number of nitrogens with one attached hydrogen (secondary N) is 1. The summed E-state index contributed by atoms with van der Waals surface area (Å²) in [5.41, 5.74) is 1.76. The highest BCUT2D eigenvalue weighted by molar-refractivity contribution is 7.18.